The molecule has 2 unspecified atom stereocenters. The van der Waals surface area contributed by atoms with Gasteiger partial charge >= 0.3 is 0 Å². The van der Waals surface area contributed by atoms with E-state index in [-0.39, 0.29) is 35.0 Å². The Hall–Kier alpha value is -2.38. The fraction of sp³-hybridized carbons (Fsp3) is 0.455. The maximum absolute atomic E-state index is 11.9. The fourth-order valence-corrected chi connectivity index (χ4v) is 2.27. The minimum absolute atomic E-state index is 0.122. The number of hydrogen-bond donors (Lipinski definition) is 4. The molecular weight excluding hydrogens is 250 g/mol. The van der Waals surface area contributed by atoms with Gasteiger partial charge in [-0.3, -0.25) is 9.59 Å². The molecule has 8 nitrogen and oxygen atoms in total. The van der Waals surface area contributed by atoms with Crippen LogP contribution in [0.2, 0.25) is 0 Å². The second-order valence-electron chi connectivity index (χ2n) is 4.45. The van der Waals surface area contributed by atoms with Gasteiger partial charge in [0.15, 0.2) is 0 Å². The van der Waals surface area contributed by atoms with Crippen LogP contribution < -0.4 is 16.6 Å². The van der Waals surface area contributed by atoms with Gasteiger partial charge in [-0.15, -0.1) is 0 Å². The van der Waals surface area contributed by atoms with E-state index in [4.69, 9.17) is 10.9 Å². The number of carbonyl (C=O) groups excluding carboxylic acids is 1. The molecule has 19 heavy (non-hydrogen) atoms. The van der Waals surface area contributed by atoms with Crippen LogP contribution in [0.15, 0.2) is 22.1 Å². The normalized spacial score (nSPS) is 23.3. The third-order valence-electron chi connectivity index (χ3n) is 3.24. The van der Waals surface area contributed by atoms with Gasteiger partial charge in [-0.05, 0) is 18.9 Å². The lowest BCUT2D eigenvalue weighted by atomic mass is 10.0. The maximum atomic E-state index is 11.9. The lowest BCUT2D eigenvalue weighted by Crippen LogP contribution is -2.42. The number of nitrogens with zero attached hydrogens (tertiary/aromatic N) is 2. The zero-order chi connectivity index (χ0) is 13.8. The average molecular weight is 265 g/mol. The third-order valence-corrected chi connectivity index (χ3v) is 3.24. The van der Waals surface area contributed by atoms with Crippen molar-refractivity contribution >= 4 is 11.7 Å². The van der Waals surface area contributed by atoms with Crippen molar-refractivity contribution in [2.75, 3.05) is 0 Å². The number of nitrogens with two attached hydrogens (primary N) is 1. The summed E-state index contributed by atoms with van der Waals surface area (Å²) >= 11 is 0. The molecule has 0 aromatic carbocycles. The number of amidine groups is 1. The number of carbonyl (C=O) groups is 1. The zero-order valence-electron chi connectivity index (χ0n) is 10.2. The van der Waals surface area contributed by atoms with Crippen LogP contribution in [-0.4, -0.2) is 33.2 Å². The molecule has 0 spiro atoms. The van der Waals surface area contributed by atoms with Gasteiger partial charge < -0.3 is 16.3 Å². The van der Waals surface area contributed by atoms with Crippen LogP contribution in [0.3, 0.4) is 0 Å². The van der Waals surface area contributed by atoms with Crippen molar-refractivity contribution in [3.63, 3.8) is 0 Å². The van der Waals surface area contributed by atoms with E-state index in [0.717, 1.165) is 19.3 Å². The van der Waals surface area contributed by atoms with E-state index < -0.39 is 0 Å². The second kappa shape index (κ2) is 5.51. The third kappa shape index (κ3) is 2.90. The van der Waals surface area contributed by atoms with Crippen molar-refractivity contribution in [3.8, 4) is 0 Å². The van der Waals surface area contributed by atoms with E-state index in [9.17, 15) is 9.59 Å². The molecule has 5 N–H and O–H groups in total. The van der Waals surface area contributed by atoms with Gasteiger partial charge in [0.05, 0.1) is 0 Å². The summed E-state index contributed by atoms with van der Waals surface area (Å²) in [6.45, 7) is 0. The highest BCUT2D eigenvalue weighted by Crippen LogP contribution is 2.25. The molecule has 1 saturated carbocycles. The number of rotatable bonds is 3. The Morgan fingerprint density at radius 1 is 1.53 bits per heavy atom. The first-order valence-corrected chi connectivity index (χ1v) is 5.96. The maximum Gasteiger partial charge on any atom is 0.271 e. The summed E-state index contributed by atoms with van der Waals surface area (Å²) in [5.41, 5.74) is 5.35. The topological polar surface area (TPSA) is 133 Å². The molecular formula is C11H15N5O3. The molecule has 102 valence electrons. The SMILES string of the molecule is N/C(=N/O)C1CCCC1NC(=O)c1ccc(=O)[nH]n1. The molecule has 0 aliphatic heterocycles. The average Bonchev–Trinajstić information content (AvgIpc) is 2.86. The van der Waals surface area contributed by atoms with Gasteiger partial charge in [-0.1, -0.05) is 11.6 Å². The van der Waals surface area contributed by atoms with Gasteiger partial charge in [-0.25, -0.2) is 5.10 Å². The Kier molecular flexibility index (Phi) is 3.79. The van der Waals surface area contributed by atoms with Crippen LogP contribution in [0.1, 0.15) is 29.8 Å². The summed E-state index contributed by atoms with van der Waals surface area (Å²) < 4.78 is 0. The van der Waals surface area contributed by atoms with Crippen molar-refractivity contribution in [3.05, 3.63) is 28.2 Å². The van der Waals surface area contributed by atoms with Crippen LogP contribution in [0.5, 0.6) is 0 Å². The van der Waals surface area contributed by atoms with Crippen molar-refractivity contribution in [1.29, 1.82) is 0 Å². The number of hydrogen-bond acceptors (Lipinski definition) is 5. The lowest BCUT2D eigenvalue weighted by molar-refractivity contribution is 0.0927. The number of aromatic amines is 1. The standard InChI is InChI=1S/C11H15N5O3/c12-10(16-19)6-2-1-3-7(6)13-11(18)8-4-5-9(17)15-14-8/h4-7,19H,1-3H2,(H2,12,16)(H,13,18)(H,15,17). The Morgan fingerprint density at radius 3 is 2.95 bits per heavy atom. The molecule has 8 heteroatoms. The van der Waals surface area contributed by atoms with E-state index in [0.29, 0.717) is 0 Å². The van der Waals surface area contributed by atoms with E-state index in [1.165, 1.54) is 12.1 Å². The highest BCUT2D eigenvalue weighted by molar-refractivity contribution is 5.93. The molecule has 1 fully saturated rings. The summed E-state index contributed by atoms with van der Waals surface area (Å²) in [5.74, 6) is -0.437. The number of aromatic nitrogens is 2. The summed E-state index contributed by atoms with van der Waals surface area (Å²) in [5, 5.41) is 20.3. The van der Waals surface area contributed by atoms with Crippen molar-refractivity contribution in [2.24, 2.45) is 16.8 Å². The molecule has 1 aromatic rings. The molecule has 1 amide bonds. The zero-order valence-corrected chi connectivity index (χ0v) is 10.2. The summed E-state index contributed by atoms with van der Waals surface area (Å²) in [4.78, 5) is 22.8. The summed E-state index contributed by atoms with van der Waals surface area (Å²) in [7, 11) is 0. The molecule has 1 aliphatic rings. The summed E-state index contributed by atoms with van der Waals surface area (Å²) in [6, 6.07) is 2.40. The molecule has 2 atom stereocenters. The molecule has 0 radical (unpaired) electrons. The van der Waals surface area contributed by atoms with Crippen LogP contribution in [0, 0.1) is 5.92 Å². The van der Waals surface area contributed by atoms with Crippen LogP contribution in [0.25, 0.3) is 0 Å². The van der Waals surface area contributed by atoms with E-state index in [2.05, 4.69) is 20.7 Å². The Labute approximate surface area is 108 Å². The number of oxime groups is 1. The van der Waals surface area contributed by atoms with Crippen LogP contribution in [-0.2, 0) is 0 Å². The van der Waals surface area contributed by atoms with Gasteiger partial charge in [0.2, 0.25) is 0 Å². The predicted molar refractivity (Wildman–Crippen MR) is 66.9 cm³/mol. The van der Waals surface area contributed by atoms with E-state index >= 15 is 0 Å². The number of nitrogens with one attached hydrogen (secondary N) is 2. The van der Waals surface area contributed by atoms with Gasteiger partial charge in [-0.2, -0.15) is 5.10 Å². The summed E-state index contributed by atoms with van der Waals surface area (Å²) in [6.07, 6.45) is 2.42. The molecule has 1 aromatic heterocycles. The number of amides is 1. The van der Waals surface area contributed by atoms with Crippen LogP contribution >= 0.6 is 0 Å². The van der Waals surface area contributed by atoms with Crippen molar-refractivity contribution in [2.45, 2.75) is 25.3 Å². The fourth-order valence-electron chi connectivity index (χ4n) is 2.27. The van der Waals surface area contributed by atoms with Crippen LogP contribution in [0.4, 0.5) is 0 Å². The number of H-pyrrole nitrogens is 1. The molecule has 1 aliphatic carbocycles. The van der Waals surface area contributed by atoms with Gasteiger partial charge in [0, 0.05) is 18.0 Å². The van der Waals surface area contributed by atoms with E-state index in [1.807, 2.05) is 0 Å². The van der Waals surface area contributed by atoms with Crippen molar-refractivity contribution in [1.82, 2.24) is 15.5 Å². The molecule has 2 rings (SSSR count). The van der Waals surface area contributed by atoms with Gasteiger partial charge in [0.1, 0.15) is 11.5 Å². The molecule has 0 bridgehead atoms. The smallest absolute Gasteiger partial charge is 0.271 e. The molecule has 1 heterocycles. The Morgan fingerprint density at radius 2 is 2.32 bits per heavy atom. The monoisotopic (exact) mass is 265 g/mol. The van der Waals surface area contributed by atoms with Gasteiger partial charge in [0.25, 0.3) is 11.5 Å². The first kappa shape index (κ1) is 13.1. The van der Waals surface area contributed by atoms with Crippen molar-refractivity contribution < 1.29 is 10.0 Å². The Balaban J connectivity index is 2.06. The first-order valence-electron chi connectivity index (χ1n) is 5.96. The Bertz CT molecular complexity index is 533. The predicted octanol–water partition coefficient (Wildman–Crippen LogP) is -0.585. The minimum Gasteiger partial charge on any atom is -0.409 e. The largest absolute Gasteiger partial charge is 0.409 e. The second-order valence-corrected chi connectivity index (χ2v) is 4.45. The highest BCUT2D eigenvalue weighted by atomic mass is 16.4. The minimum atomic E-state index is -0.390. The molecule has 0 saturated heterocycles. The highest BCUT2D eigenvalue weighted by Gasteiger charge is 2.32. The lowest BCUT2D eigenvalue weighted by Gasteiger charge is -2.19. The van der Waals surface area contributed by atoms with E-state index in [1.54, 1.807) is 0 Å². The quantitative estimate of drug-likeness (QED) is 0.251. The first-order chi connectivity index (χ1) is 9.11.